The van der Waals surface area contributed by atoms with E-state index < -0.39 is 32.0 Å². The molecule has 9 heteroatoms. The van der Waals surface area contributed by atoms with Gasteiger partial charge in [0.1, 0.15) is 6.10 Å². The summed E-state index contributed by atoms with van der Waals surface area (Å²) in [6.45, 7) is 15.5. The lowest BCUT2D eigenvalue weighted by molar-refractivity contribution is -0.244. The predicted octanol–water partition coefficient (Wildman–Crippen LogP) is 3.17. The number of hydrogen-bond acceptors (Lipinski definition) is 6. The third-order valence-electron chi connectivity index (χ3n) is 5.07. The van der Waals surface area contributed by atoms with Crippen LogP contribution in [0, 0.1) is 0 Å². The number of aliphatic hydroxyl groups is 1. The van der Waals surface area contributed by atoms with Crippen LogP contribution < -0.4 is 5.48 Å². The minimum absolute atomic E-state index is 0.0739. The Morgan fingerprint density at radius 2 is 1.74 bits per heavy atom. The average molecular weight is 455 g/mol. The highest BCUT2D eigenvalue weighted by molar-refractivity contribution is 6.74. The quantitative estimate of drug-likeness (QED) is 0.303. The van der Waals surface area contributed by atoms with Crippen molar-refractivity contribution in [2.24, 2.45) is 0 Å². The summed E-state index contributed by atoms with van der Waals surface area (Å²) in [4.78, 5) is 35.5. The first-order valence-corrected chi connectivity index (χ1v) is 13.3. The van der Waals surface area contributed by atoms with Gasteiger partial charge >= 0.3 is 0 Å². The van der Waals surface area contributed by atoms with Crippen LogP contribution in [0.5, 0.6) is 0 Å². The van der Waals surface area contributed by atoms with Crippen LogP contribution in [0.25, 0.3) is 0 Å². The van der Waals surface area contributed by atoms with Crippen molar-refractivity contribution in [1.82, 2.24) is 10.5 Å². The van der Waals surface area contributed by atoms with Gasteiger partial charge < -0.3 is 9.53 Å². The maximum absolute atomic E-state index is 12.9. The van der Waals surface area contributed by atoms with Gasteiger partial charge in [0.2, 0.25) is 6.41 Å². The van der Waals surface area contributed by atoms with Crippen molar-refractivity contribution in [3.05, 3.63) is 35.9 Å². The first kappa shape index (κ1) is 27.3. The highest BCUT2D eigenvalue weighted by atomic mass is 28.4. The second-order valence-corrected chi connectivity index (χ2v) is 14.8. The molecule has 0 fully saturated rings. The van der Waals surface area contributed by atoms with Crippen LogP contribution in [0.4, 0.5) is 0 Å². The number of hydrogen-bond donors (Lipinski definition) is 2. The Hall–Kier alpha value is -1.78. The van der Waals surface area contributed by atoms with Gasteiger partial charge in [0.25, 0.3) is 5.91 Å². The molecule has 0 bridgehead atoms. The molecule has 0 saturated heterocycles. The van der Waals surface area contributed by atoms with E-state index in [0.717, 1.165) is 10.6 Å². The number of hydroxylamine groups is 3. The summed E-state index contributed by atoms with van der Waals surface area (Å²) in [7, 11) is -2.18. The van der Waals surface area contributed by atoms with Crippen LogP contribution in [0.2, 0.25) is 18.1 Å². The Balaban J connectivity index is 2.93. The van der Waals surface area contributed by atoms with Gasteiger partial charge in [-0.2, -0.15) is 0 Å². The van der Waals surface area contributed by atoms with Crippen LogP contribution in [0.15, 0.2) is 30.3 Å². The lowest BCUT2D eigenvalue weighted by Crippen LogP contribution is -2.56. The zero-order valence-corrected chi connectivity index (χ0v) is 21.0. The summed E-state index contributed by atoms with van der Waals surface area (Å²) in [5.74, 6) is -0.710. The smallest absolute Gasteiger partial charge is 0.271 e. The maximum atomic E-state index is 12.9. The van der Waals surface area contributed by atoms with Crippen LogP contribution in [-0.2, 0) is 30.3 Å². The summed E-state index contributed by atoms with van der Waals surface area (Å²) in [5, 5.41) is 11.6. The summed E-state index contributed by atoms with van der Waals surface area (Å²) < 4.78 is 6.06. The second kappa shape index (κ2) is 11.2. The topological polar surface area (TPSA) is 97.3 Å². The van der Waals surface area contributed by atoms with Crippen molar-refractivity contribution in [2.75, 3.05) is 6.61 Å². The number of aliphatic hydroxyl groups excluding tert-OH is 1. The van der Waals surface area contributed by atoms with E-state index in [1.165, 1.54) is 0 Å². The van der Waals surface area contributed by atoms with E-state index in [2.05, 4.69) is 26.3 Å². The molecule has 0 aliphatic rings. The molecule has 0 heterocycles. The van der Waals surface area contributed by atoms with Gasteiger partial charge in [-0.25, -0.2) is 10.5 Å². The zero-order valence-electron chi connectivity index (χ0n) is 20.0. The number of benzene rings is 1. The number of nitrogens with one attached hydrogen (secondary N) is 1. The van der Waals surface area contributed by atoms with Crippen LogP contribution in [0.1, 0.15) is 47.1 Å². The SMILES string of the molecule is CC(C)(C)ON(C=O)C(C(=O)NOCc1ccccc1)C(O)CO[Si](C)(C)C(C)(C)C. The molecule has 0 aliphatic heterocycles. The molecule has 1 rings (SSSR count). The summed E-state index contributed by atoms with van der Waals surface area (Å²) in [5.41, 5.74) is 2.42. The van der Waals surface area contributed by atoms with Crippen molar-refractivity contribution in [3.63, 3.8) is 0 Å². The molecule has 0 saturated carbocycles. The van der Waals surface area contributed by atoms with E-state index in [1.807, 2.05) is 43.4 Å². The van der Waals surface area contributed by atoms with E-state index in [-0.39, 0.29) is 18.3 Å². The number of amides is 2. The minimum Gasteiger partial charge on any atom is -0.414 e. The normalized spacial score (nSPS) is 14.6. The van der Waals surface area contributed by atoms with Gasteiger partial charge in [0, 0.05) is 0 Å². The molecule has 2 atom stereocenters. The van der Waals surface area contributed by atoms with Gasteiger partial charge in [-0.1, -0.05) is 51.1 Å². The Kier molecular flexibility index (Phi) is 9.84. The van der Waals surface area contributed by atoms with E-state index in [0.29, 0.717) is 6.41 Å². The molecule has 1 aromatic rings. The fourth-order valence-electron chi connectivity index (χ4n) is 2.35. The van der Waals surface area contributed by atoms with Gasteiger partial charge in [-0.3, -0.25) is 19.3 Å². The van der Waals surface area contributed by atoms with E-state index in [4.69, 9.17) is 14.1 Å². The molecular formula is C22H38N2O6Si. The molecule has 1 aromatic carbocycles. The minimum atomic E-state index is -2.18. The zero-order chi connectivity index (χ0) is 23.9. The van der Waals surface area contributed by atoms with Crippen molar-refractivity contribution in [1.29, 1.82) is 0 Å². The molecule has 0 spiro atoms. The third-order valence-corrected chi connectivity index (χ3v) is 9.57. The second-order valence-electron chi connectivity index (χ2n) is 9.99. The fourth-order valence-corrected chi connectivity index (χ4v) is 3.37. The molecule has 2 amide bonds. The molecular weight excluding hydrogens is 416 g/mol. The fraction of sp³-hybridized carbons (Fsp3) is 0.636. The maximum Gasteiger partial charge on any atom is 0.271 e. The monoisotopic (exact) mass is 454 g/mol. The molecule has 2 unspecified atom stereocenters. The summed E-state index contributed by atoms with van der Waals surface area (Å²) in [6.07, 6.45) is -0.940. The highest BCUT2D eigenvalue weighted by Crippen LogP contribution is 2.36. The number of carbonyl (C=O) groups excluding carboxylic acids is 2. The molecule has 0 aromatic heterocycles. The Morgan fingerprint density at radius 3 is 2.23 bits per heavy atom. The van der Waals surface area contributed by atoms with Gasteiger partial charge in [-0.05, 0) is 44.5 Å². The lowest BCUT2D eigenvalue weighted by Gasteiger charge is -2.38. The lowest BCUT2D eigenvalue weighted by atomic mass is 10.1. The molecule has 0 aliphatic carbocycles. The number of nitrogens with zero attached hydrogens (tertiary/aromatic N) is 1. The Morgan fingerprint density at radius 1 is 1.16 bits per heavy atom. The van der Waals surface area contributed by atoms with Gasteiger partial charge in [0.05, 0.1) is 18.8 Å². The number of rotatable bonds is 11. The highest BCUT2D eigenvalue weighted by Gasteiger charge is 2.41. The van der Waals surface area contributed by atoms with Crippen LogP contribution >= 0.6 is 0 Å². The van der Waals surface area contributed by atoms with E-state index in [1.54, 1.807) is 20.8 Å². The van der Waals surface area contributed by atoms with Crippen LogP contribution in [0.3, 0.4) is 0 Å². The first-order valence-electron chi connectivity index (χ1n) is 10.4. The Labute approximate surface area is 186 Å². The summed E-state index contributed by atoms with van der Waals surface area (Å²) in [6, 6.07) is 7.95. The summed E-state index contributed by atoms with van der Waals surface area (Å²) >= 11 is 0. The molecule has 2 N–H and O–H groups in total. The number of carbonyl (C=O) groups is 2. The van der Waals surface area contributed by atoms with Crippen molar-refractivity contribution < 1.29 is 28.8 Å². The van der Waals surface area contributed by atoms with Gasteiger partial charge in [-0.15, -0.1) is 0 Å². The predicted molar refractivity (Wildman–Crippen MR) is 121 cm³/mol. The van der Waals surface area contributed by atoms with E-state index >= 15 is 0 Å². The van der Waals surface area contributed by atoms with Gasteiger partial charge in [0.15, 0.2) is 14.4 Å². The molecule has 8 nitrogen and oxygen atoms in total. The van der Waals surface area contributed by atoms with Crippen molar-refractivity contribution >= 4 is 20.6 Å². The molecule has 0 radical (unpaired) electrons. The average Bonchev–Trinajstić information content (AvgIpc) is 2.64. The van der Waals surface area contributed by atoms with Crippen LogP contribution in [-0.4, -0.2) is 55.2 Å². The van der Waals surface area contributed by atoms with Crippen molar-refractivity contribution in [3.8, 4) is 0 Å². The first-order chi connectivity index (χ1) is 14.2. The standard InChI is InChI=1S/C22H38N2O6Si/c1-21(2,3)30-24(16-25)19(18(26)15-29-31(7,8)22(4,5)6)20(27)23-28-14-17-12-10-9-11-13-17/h9-13,16,18-19,26H,14-15H2,1-8H3,(H,23,27). The Bertz CT molecular complexity index is 700. The third kappa shape index (κ3) is 9.08. The van der Waals surface area contributed by atoms with Crippen molar-refractivity contribution in [2.45, 2.75) is 84.0 Å². The van der Waals surface area contributed by atoms with E-state index in [9.17, 15) is 14.7 Å². The molecule has 31 heavy (non-hydrogen) atoms. The largest absolute Gasteiger partial charge is 0.414 e. The molecule has 176 valence electrons.